The molecule has 4 nitrogen and oxygen atoms in total. The number of hydrogen-bond acceptors (Lipinski definition) is 4. The number of pyridine rings is 1. The summed E-state index contributed by atoms with van der Waals surface area (Å²) in [7, 11) is 1.66. The Morgan fingerprint density at radius 3 is 2.76 bits per heavy atom. The molecule has 4 heteroatoms. The predicted octanol–water partition coefficient (Wildman–Crippen LogP) is 1.36. The fourth-order valence-electron chi connectivity index (χ4n) is 2.25. The summed E-state index contributed by atoms with van der Waals surface area (Å²) in [6, 6.07) is 3.87. The fourth-order valence-corrected chi connectivity index (χ4v) is 2.25. The molecule has 1 fully saturated rings. The fraction of sp³-hybridized carbons (Fsp3) is 0.615. The maximum Gasteiger partial charge on any atom is 0.122 e. The zero-order chi connectivity index (χ0) is 12.5. The van der Waals surface area contributed by atoms with Crippen molar-refractivity contribution in [1.29, 1.82) is 0 Å². The van der Waals surface area contributed by atoms with Gasteiger partial charge in [0, 0.05) is 37.5 Å². The van der Waals surface area contributed by atoms with Crippen LogP contribution >= 0.6 is 0 Å². The van der Waals surface area contributed by atoms with Crippen LogP contribution in [0.15, 0.2) is 12.1 Å². The smallest absolute Gasteiger partial charge is 0.122 e. The van der Waals surface area contributed by atoms with Gasteiger partial charge < -0.3 is 9.84 Å². The van der Waals surface area contributed by atoms with Crippen LogP contribution in [0.25, 0.3) is 0 Å². The average Bonchev–Trinajstić information content (AvgIpc) is 2.26. The third kappa shape index (κ3) is 2.76. The zero-order valence-corrected chi connectivity index (χ0v) is 10.7. The number of aliphatic hydroxyl groups is 1. The van der Waals surface area contributed by atoms with Crippen LogP contribution in [0.2, 0.25) is 0 Å². The molecule has 94 valence electrons. The maximum atomic E-state index is 9.94. The molecule has 1 aliphatic heterocycles. The Morgan fingerprint density at radius 2 is 2.18 bits per heavy atom. The van der Waals surface area contributed by atoms with Crippen LogP contribution in [0.3, 0.4) is 0 Å². The second-order valence-corrected chi connectivity index (χ2v) is 4.86. The molecule has 1 aliphatic rings. The highest BCUT2D eigenvalue weighted by atomic mass is 16.5. The highest BCUT2D eigenvalue weighted by molar-refractivity contribution is 5.26. The first-order valence-electron chi connectivity index (χ1n) is 6.01. The minimum Gasteiger partial charge on any atom is -0.497 e. The Balaban J connectivity index is 1.98. The molecule has 1 aromatic rings. The van der Waals surface area contributed by atoms with Crippen LogP contribution in [0.1, 0.15) is 24.7 Å². The van der Waals surface area contributed by atoms with E-state index in [1.54, 1.807) is 7.11 Å². The van der Waals surface area contributed by atoms with Crippen LogP contribution in [0.5, 0.6) is 5.75 Å². The number of aryl methyl sites for hydroxylation is 1. The van der Waals surface area contributed by atoms with Crippen molar-refractivity contribution in [3.8, 4) is 5.75 Å². The molecule has 0 aromatic carbocycles. The first-order chi connectivity index (χ1) is 8.04. The maximum absolute atomic E-state index is 9.94. The summed E-state index contributed by atoms with van der Waals surface area (Å²) in [5.41, 5.74) is 1.49. The van der Waals surface area contributed by atoms with E-state index in [0.29, 0.717) is 0 Å². The molecule has 1 saturated heterocycles. The molecule has 1 aromatic heterocycles. The van der Waals surface area contributed by atoms with E-state index >= 15 is 0 Å². The lowest BCUT2D eigenvalue weighted by Crippen LogP contribution is -2.60. The van der Waals surface area contributed by atoms with Gasteiger partial charge in [-0.05, 0) is 13.3 Å². The summed E-state index contributed by atoms with van der Waals surface area (Å²) in [4.78, 5) is 6.67. The number of methoxy groups -OCH3 is 1. The molecule has 0 radical (unpaired) electrons. The number of β-amino-alcohol motifs (C(OH)–C–C–N with tert-alkyl or cyclic N) is 1. The standard InChI is InChI=1S/C13H20N2O2/c1-4-13(16)8-15(9-13)7-11-6-12(17-3)5-10(2)14-11/h5-6,16H,4,7-9H2,1-3H3. The SMILES string of the molecule is CCC1(O)CN(Cc2cc(OC)cc(C)n2)C1. The molecule has 2 rings (SSSR count). The number of nitrogens with zero attached hydrogens (tertiary/aromatic N) is 2. The minimum absolute atomic E-state index is 0.478. The van der Waals surface area contributed by atoms with E-state index in [4.69, 9.17) is 4.74 Å². The van der Waals surface area contributed by atoms with Crippen molar-refractivity contribution in [2.24, 2.45) is 0 Å². The van der Waals surface area contributed by atoms with Gasteiger partial charge in [-0.3, -0.25) is 9.88 Å². The Kier molecular flexibility index (Phi) is 3.35. The van der Waals surface area contributed by atoms with Crippen molar-refractivity contribution < 1.29 is 9.84 Å². The molecule has 0 bridgehead atoms. The van der Waals surface area contributed by atoms with E-state index in [1.807, 2.05) is 26.0 Å². The van der Waals surface area contributed by atoms with Gasteiger partial charge in [-0.2, -0.15) is 0 Å². The molecule has 1 N–H and O–H groups in total. The molecule has 0 atom stereocenters. The zero-order valence-electron chi connectivity index (χ0n) is 10.7. The summed E-state index contributed by atoms with van der Waals surface area (Å²) in [5, 5.41) is 9.94. The normalized spacial score (nSPS) is 18.8. The van der Waals surface area contributed by atoms with Gasteiger partial charge in [-0.1, -0.05) is 6.92 Å². The summed E-state index contributed by atoms with van der Waals surface area (Å²) in [6.45, 7) is 6.24. The van der Waals surface area contributed by atoms with E-state index in [-0.39, 0.29) is 0 Å². The van der Waals surface area contributed by atoms with Crippen molar-refractivity contribution in [3.05, 3.63) is 23.5 Å². The number of likely N-dealkylation sites (tertiary alicyclic amines) is 1. The first-order valence-corrected chi connectivity index (χ1v) is 6.01. The van der Waals surface area contributed by atoms with Gasteiger partial charge in [0.1, 0.15) is 5.75 Å². The van der Waals surface area contributed by atoms with Gasteiger partial charge in [0.25, 0.3) is 0 Å². The Labute approximate surface area is 102 Å². The van der Waals surface area contributed by atoms with E-state index < -0.39 is 5.60 Å². The second kappa shape index (κ2) is 4.63. The number of aromatic nitrogens is 1. The second-order valence-electron chi connectivity index (χ2n) is 4.86. The monoisotopic (exact) mass is 236 g/mol. The van der Waals surface area contributed by atoms with Crippen molar-refractivity contribution in [2.45, 2.75) is 32.4 Å². The summed E-state index contributed by atoms with van der Waals surface area (Å²) in [6.07, 6.45) is 0.814. The molecule has 0 spiro atoms. The molecule has 0 amide bonds. The van der Waals surface area contributed by atoms with Gasteiger partial charge >= 0.3 is 0 Å². The molecule has 2 heterocycles. The lowest BCUT2D eigenvalue weighted by molar-refractivity contribution is -0.103. The number of rotatable bonds is 4. The van der Waals surface area contributed by atoms with Gasteiger partial charge in [0.2, 0.25) is 0 Å². The van der Waals surface area contributed by atoms with Crippen LogP contribution in [-0.2, 0) is 6.54 Å². The van der Waals surface area contributed by atoms with Crippen LogP contribution < -0.4 is 4.74 Å². The summed E-state index contributed by atoms with van der Waals surface area (Å²) < 4.78 is 5.22. The molecule has 0 aliphatic carbocycles. The Bertz CT molecular complexity index is 400. The van der Waals surface area contributed by atoms with Crippen molar-refractivity contribution in [3.63, 3.8) is 0 Å². The Hall–Kier alpha value is -1.13. The highest BCUT2D eigenvalue weighted by Gasteiger charge is 2.39. The predicted molar refractivity (Wildman–Crippen MR) is 66.0 cm³/mol. The van der Waals surface area contributed by atoms with E-state index in [1.165, 1.54) is 0 Å². The molecule has 0 unspecified atom stereocenters. The van der Waals surface area contributed by atoms with Crippen LogP contribution in [-0.4, -0.2) is 40.8 Å². The van der Waals surface area contributed by atoms with Crippen molar-refractivity contribution >= 4 is 0 Å². The molecule has 17 heavy (non-hydrogen) atoms. The number of ether oxygens (including phenoxy) is 1. The third-order valence-electron chi connectivity index (χ3n) is 3.30. The van der Waals surface area contributed by atoms with Gasteiger partial charge in [0.05, 0.1) is 18.4 Å². The molecular weight excluding hydrogens is 216 g/mol. The average molecular weight is 236 g/mol. The summed E-state index contributed by atoms with van der Waals surface area (Å²) >= 11 is 0. The van der Waals surface area contributed by atoms with E-state index in [9.17, 15) is 5.11 Å². The van der Waals surface area contributed by atoms with E-state index in [2.05, 4.69) is 9.88 Å². The lowest BCUT2D eigenvalue weighted by atomic mass is 9.91. The topological polar surface area (TPSA) is 45.6 Å². The third-order valence-corrected chi connectivity index (χ3v) is 3.30. The van der Waals surface area contributed by atoms with Gasteiger partial charge in [-0.15, -0.1) is 0 Å². The Morgan fingerprint density at radius 1 is 1.47 bits per heavy atom. The summed E-state index contributed by atoms with van der Waals surface area (Å²) in [5.74, 6) is 0.846. The number of hydrogen-bond donors (Lipinski definition) is 1. The molecular formula is C13H20N2O2. The minimum atomic E-state index is -0.478. The largest absolute Gasteiger partial charge is 0.497 e. The van der Waals surface area contributed by atoms with Gasteiger partial charge in [0.15, 0.2) is 0 Å². The molecule has 0 saturated carbocycles. The van der Waals surface area contributed by atoms with Crippen molar-refractivity contribution in [2.75, 3.05) is 20.2 Å². The first kappa shape index (κ1) is 12.3. The van der Waals surface area contributed by atoms with Crippen LogP contribution in [0.4, 0.5) is 0 Å². The van der Waals surface area contributed by atoms with Gasteiger partial charge in [-0.25, -0.2) is 0 Å². The highest BCUT2D eigenvalue weighted by Crippen LogP contribution is 2.26. The van der Waals surface area contributed by atoms with Crippen LogP contribution in [0, 0.1) is 6.92 Å². The van der Waals surface area contributed by atoms with E-state index in [0.717, 1.165) is 43.2 Å². The van der Waals surface area contributed by atoms with Crippen molar-refractivity contribution in [1.82, 2.24) is 9.88 Å². The quantitative estimate of drug-likeness (QED) is 0.857. The lowest BCUT2D eigenvalue weighted by Gasteiger charge is -2.46.